The van der Waals surface area contributed by atoms with Gasteiger partial charge >= 0.3 is 11.9 Å². The molecule has 0 aliphatic heterocycles. The number of carboxylic acid groups (broad SMARTS) is 2. The molecular formula is C45H54N6O6. The summed E-state index contributed by atoms with van der Waals surface area (Å²) >= 11 is 0. The van der Waals surface area contributed by atoms with Crippen molar-refractivity contribution < 1.29 is 24.7 Å². The molecule has 0 spiro atoms. The van der Waals surface area contributed by atoms with Gasteiger partial charge in [-0.1, -0.05) is 24.3 Å². The van der Waals surface area contributed by atoms with Gasteiger partial charge in [-0.2, -0.15) is 0 Å². The number of rotatable bonds is 10. The highest BCUT2D eigenvalue weighted by Gasteiger charge is 2.31. The number of nitrogens with zero attached hydrogens (tertiary/aromatic N) is 4. The fraction of sp³-hybridized carbons (Fsp3) is 0.422. The molecule has 0 radical (unpaired) electrons. The minimum atomic E-state index is -1.11. The molecule has 3 saturated carbocycles. The molecule has 300 valence electrons. The van der Waals surface area contributed by atoms with Crippen LogP contribution in [0.2, 0.25) is 0 Å². The van der Waals surface area contributed by atoms with E-state index in [-0.39, 0.29) is 17.0 Å². The van der Waals surface area contributed by atoms with E-state index >= 15 is 0 Å². The Morgan fingerprint density at radius 2 is 1.16 bits per heavy atom. The first-order valence-electron chi connectivity index (χ1n) is 19.9. The molecule has 2 unspecified atom stereocenters. The van der Waals surface area contributed by atoms with Crippen LogP contribution in [0.5, 0.6) is 0 Å². The van der Waals surface area contributed by atoms with E-state index in [1.54, 1.807) is 6.07 Å². The van der Waals surface area contributed by atoms with Crippen molar-refractivity contribution in [2.75, 3.05) is 0 Å². The average molecular weight is 775 g/mol. The van der Waals surface area contributed by atoms with Gasteiger partial charge in [0, 0.05) is 73.6 Å². The second kappa shape index (κ2) is 15.5. The van der Waals surface area contributed by atoms with Crippen molar-refractivity contribution in [2.24, 2.45) is 32.6 Å². The fourth-order valence-corrected chi connectivity index (χ4v) is 8.17. The summed E-state index contributed by atoms with van der Waals surface area (Å²) < 4.78 is 6.31. The predicted molar refractivity (Wildman–Crippen MR) is 224 cm³/mol. The number of aryl methyl sites for hydroxylation is 4. The van der Waals surface area contributed by atoms with Crippen LogP contribution in [0.4, 0.5) is 5.69 Å². The molecule has 9 rings (SSSR count). The number of carbonyl (C=O) groups is 2. The summed E-state index contributed by atoms with van der Waals surface area (Å²) in [6, 6.07) is 17.4. The van der Waals surface area contributed by atoms with Crippen LogP contribution >= 0.6 is 0 Å². The van der Waals surface area contributed by atoms with E-state index in [2.05, 4.69) is 65.6 Å². The van der Waals surface area contributed by atoms with Gasteiger partial charge in [0.2, 0.25) is 0 Å². The zero-order chi connectivity index (χ0) is 41.0. The van der Waals surface area contributed by atoms with Crippen LogP contribution in [-0.4, -0.2) is 52.9 Å². The molecule has 3 aliphatic carbocycles. The number of fused-ring (bicyclic) bond motifs is 3. The highest BCUT2D eigenvalue weighted by molar-refractivity contribution is 5.95. The molecule has 6 N–H and O–H groups in total. The number of hydrogen-bond donors (Lipinski definition) is 4. The predicted octanol–water partition coefficient (Wildman–Crippen LogP) is 7.91. The quantitative estimate of drug-likeness (QED) is 0.0799. The first-order chi connectivity index (χ1) is 27.0. The largest absolute Gasteiger partial charge is 0.480 e. The number of aliphatic carboxylic acids is 2. The Bertz CT molecular complexity index is 2550. The molecule has 3 fully saturated rings. The summed E-state index contributed by atoms with van der Waals surface area (Å²) in [6.07, 6.45) is 7.90. The van der Waals surface area contributed by atoms with E-state index in [1.165, 1.54) is 58.9 Å². The number of carboxylic acids is 2. The van der Waals surface area contributed by atoms with Crippen LogP contribution in [-0.2, 0) is 43.6 Å². The minimum absolute atomic E-state index is 0.0423. The van der Waals surface area contributed by atoms with E-state index in [9.17, 15) is 19.7 Å². The van der Waals surface area contributed by atoms with Crippen LogP contribution < -0.4 is 11.5 Å². The molecule has 3 aromatic carbocycles. The second-order valence-corrected chi connectivity index (χ2v) is 16.5. The summed E-state index contributed by atoms with van der Waals surface area (Å²) in [5, 5.41) is 32.6. The number of nitro groups is 1. The third-order valence-corrected chi connectivity index (χ3v) is 12.5. The molecule has 57 heavy (non-hydrogen) atoms. The lowest BCUT2D eigenvalue weighted by Crippen LogP contribution is -2.32. The number of non-ortho nitro benzene ring substituents is 1. The molecule has 12 nitrogen and oxygen atoms in total. The maximum Gasteiger partial charge on any atom is 0.320 e. The molecule has 0 saturated heterocycles. The van der Waals surface area contributed by atoms with Crippen LogP contribution in [0.3, 0.4) is 0 Å². The normalized spacial score (nSPS) is 16.2. The monoisotopic (exact) mass is 774 g/mol. The molecule has 2 atom stereocenters. The van der Waals surface area contributed by atoms with Crippen molar-refractivity contribution in [1.29, 1.82) is 0 Å². The van der Waals surface area contributed by atoms with Crippen molar-refractivity contribution in [1.82, 2.24) is 13.7 Å². The molecule has 0 bridgehead atoms. The molecule has 0 amide bonds. The van der Waals surface area contributed by atoms with Crippen molar-refractivity contribution in [3.05, 3.63) is 110 Å². The summed E-state index contributed by atoms with van der Waals surface area (Å²) in [7, 11) is 6.02. The lowest BCUT2D eigenvalue weighted by molar-refractivity contribution is -0.383. The van der Waals surface area contributed by atoms with E-state index in [0.717, 1.165) is 58.1 Å². The number of nitro benzene ring substituents is 1. The van der Waals surface area contributed by atoms with Crippen molar-refractivity contribution >= 4 is 50.3 Å². The van der Waals surface area contributed by atoms with E-state index in [0.29, 0.717) is 23.3 Å². The molecular weight excluding hydrogens is 721 g/mol. The molecule has 3 aliphatic rings. The van der Waals surface area contributed by atoms with Crippen molar-refractivity contribution in [3.8, 4) is 0 Å². The Hall–Kier alpha value is -5.46. The SMILES string of the molecule is Cc1c(CC(N)C(=O)O)c2c([N+](=O)[O-])cc(C3CC3)cc2n1C.Cc1c(CC(N)C(=O)O)c2ccc(C3CC3)cc2n1C.Cc1cc2ccc(C3CC3)cc2n1C. The van der Waals surface area contributed by atoms with Gasteiger partial charge in [0.25, 0.3) is 5.69 Å². The summed E-state index contributed by atoms with van der Waals surface area (Å²) in [5.74, 6) is -0.0818. The number of aromatic nitrogens is 3. The van der Waals surface area contributed by atoms with E-state index < -0.39 is 24.0 Å². The zero-order valence-electron chi connectivity index (χ0n) is 33.7. The number of nitrogens with two attached hydrogens (primary N) is 2. The third kappa shape index (κ3) is 8.06. The van der Waals surface area contributed by atoms with Gasteiger partial charge in [-0.25, -0.2) is 0 Å². The Morgan fingerprint density at radius 1 is 0.684 bits per heavy atom. The smallest absolute Gasteiger partial charge is 0.320 e. The number of benzene rings is 3. The van der Waals surface area contributed by atoms with Crippen LogP contribution in [0.15, 0.2) is 54.6 Å². The van der Waals surface area contributed by atoms with Crippen LogP contribution in [0, 0.1) is 30.9 Å². The maximum atomic E-state index is 11.6. The van der Waals surface area contributed by atoms with Crippen molar-refractivity contribution in [2.45, 2.75) is 102 Å². The Labute approximate surface area is 332 Å². The molecule has 3 heterocycles. The van der Waals surface area contributed by atoms with Gasteiger partial charge in [0.05, 0.1) is 15.8 Å². The van der Waals surface area contributed by atoms with E-state index in [1.807, 2.05) is 38.6 Å². The Kier molecular flexibility index (Phi) is 10.8. The van der Waals surface area contributed by atoms with Gasteiger partial charge in [-0.3, -0.25) is 19.7 Å². The highest BCUT2D eigenvalue weighted by Crippen LogP contribution is 2.45. The van der Waals surface area contributed by atoms with Crippen LogP contribution in [0.25, 0.3) is 32.7 Å². The lowest BCUT2D eigenvalue weighted by Gasteiger charge is -2.07. The maximum absolute atomic E-state index is 11.6. The fourth-order valence-electron chi connectivity index (χ4n) is 8.17. The average Bonchev–Trinajstić information content (AvgIpc) is 4.05. The van der Waals surface area contributed by atoms with Gasteiger partial charge in [-0.05, 0) is 135 Å². The van der Waals surface area contributed by atoms with Gasteiger partial charge in [-0.15, -0.1) is 0 Å². The lowest BCUT2D eigenvalue weighted by atomic mass is 9.99. The van der Waals surface area contributed by atoms with Gasteiger partial charge in [0.1, 0.15) is 12.1 Å². The first kappa shape index (κ1) is 39.8. The van der Waals surface area contributed by atoms with Crippen LogP contribution in [0.1, 0.15) is 101 Å². The molecule has 12 heteroatoms. The minimum Gasteiger partial charge on any atom is -0.480 e. The van der Waals surface area contributed by atoms with Crippen molar-refractivity contribution in [3.63, 3.8) is 0 Å². The second-order valence-electron chi connectivity index (χ2n) is 16.5. The van der Waals surface area contributed by atoms with Gasteiger partial charge in [0.15, 0.2) is 0 Å². The number of hydrogen-bond acceptors (Lipinski definition) is 6. The van der Waals surface area contributed by atoms with Gasteiger partial charge < -0.3 is 35.4 Å². The zero-order valence-corrected chi connectivity index (χ0v) is 33.7. The Morgan fingerprint density at radius 3 is 1.70 bits per heavy atom. The summed E-state index contributed by atoms with van der Waals surface area (Å²) in [6.45, 7) is 6.03. The first-order valence-corrected chi connectivity index (χ1v) is 19.9. The Balaban J connectivity index is 0.000000134. The summed E-state index contributed by atoms with van der Waals surface area (Å²) in [4.78, 5) is 33.2. The third-order valence-electron chi connectivity index (χ3n) is 12.5. The molecule has 3 aromatic heterocycles. The standard InChI is InChI=1S/C16H19N3O4.C16H20N2O2.C13H15N/c1-8-11(7-12(17)16(20)21)15-13(18(8)2)5-10(9-3-4-9)6-14(15)19(22)23;1-9-13(8-14(17)16(19)20)12-6-5-11(10-3-4-10)7-15(12)18(9)2;1-9-7-12-6-5-11(10-3-4-10)8-13(12)14(9)2/h5-6,9,12H,3-4,7,17H2,1-2H3,(H,20,21);5-7,10,14H,3-4,8,17H2,1-2H3,(H,19,20);5-8,10H,3-4H2,1-2H3. The van der Waals surface area contributed by atoms with E-state index in [4.69, 9.17) is 21.7 Å². The summed E-state index contributed by atoms with van der Waals surface area (Å²) in [5.41, 5.74) is 23.6. The highest BCUT2D eigenvalue weighted by atomic mass is 16.6. The topological polar surface area (TPSA) is 185 Å². The molecule has 6 aromatic rings.